The smallest absolute Gasteiger partial charge is 0.287 e. The van der Waals surface area contributed by atoms with E-state index in [0.29, 0.717) is 17.8 Å². The summed E-state index contributed by atoms with van der Waals surface area (Å²) in [6.45, 7) is 0. The van der Waals surface area contributed by atoms with Gasteiger partial charge in [0, 0.05) is 18.1 Å². The molecule has 1 aromatic heterocycles. The lowest BCUT2D eigenvalue weighted by atomic mass is 9.85. The van der Waals surface area contributed by atoms with E-state index in [1.165, 1.54) is 38.5 Å². The second kappa shape index (κ2) is 8.25. The molecular formula is C18H28N2O2S. The number of hydrogen-bond acceptors (Lipinski definition) is 4. The quantitative estimate of drug-likeness (QED) is 0.778. The van der Waals surface area contributed by atoms with Gasteiger partial charge in [-0.15, -0.1) is 0 Å². The van der Waals surface area contributed by atoms with Crippen LogP contribution in [0.25, 0.3) is 0 Å². The minimum Gasteiger partial charge on any atom is -0.455 e. The zero-order valence-electron chi connectivity index (χ0n) is 14.0. The van der Waals surface area contributed by atoms with Gasteiger partial charge in [0.25, 0.3) is 5.91 Å². The van der Waals surface area contributed by atoms with Gasteiger partial charge < -0.3 is 15.1 Å². The highest BCUT2D eigenvalue weighted by atomic mass is 32.2. The van der Waals surface area contributed by atoms with Gasteiger partial charge in [0.05, 0.1) is 5.75 Å². The Bertz CT molecular complexity index is 509. The summed E-state index contributed by atoms with van der Waals surface area (Å²) in [6.07, 6.45) is 12.3. The molecule has 0 saturated heterocycles. The van der Waals surface area contributed by atoms with E-state index in [-0.39, 0.29) is 11.9 Å². The van der Waals surface area contributed by atoms with Gasteiger partial charge in [0.2, 0.25) is 0 Å². The zero-order chi connectivity index (χ0) is 16.1. The summed E-state index contributed by atoms with van der Waals surface area (Å²) in [6, 6.07) is 5.00. The van der Waals surface area contributed by atoms with Crippen molar-refractivity contribution in [2.75, 3.05) is 6.26 Å². The third-order valence-electron chi connectivity index (χ3n) is 5.07. The molecule has 0 aliphatic heterocycles. The first-order valence-corrected chi connectivity index (χ1v) is 10.3. The first-order chi connectivity index (χ1) is 11.3. The van der Waals surface area contributed by atoms with E-state index in [4.69, 9.17) is 4.42 Å². The molecule has 1 amide bonds. The fourth-order valence-corrected chi connectivity index (χ4v) is 4.02. The van der Waals surface area contributed by atoms with Crippen molar-refractivity contribution < 1.29 is 9.21 Å². The SMILES string of the molecule is CSCc1ccc(C(=O)NC2CCC2NC2CCCCCC2)o1. The minimum atomic E-state index is -0.0743. The second-order valence-corrected chi connectivity index (χ2v) is 7.68. The van der Waals surface area contributed by atoms with Gasteiger partial charge in [-0.3, -0.25) is 4.79 Å². The Labute approximate surface area is 143 Å². The van der Waals surface area contributed by atoms with Crippen molar-refractivity contribution >= 4 is 17.7 Å². The van der Waals surface area contributed by atoms with Crippen molar-refractivity contribution in [1.29, 1.82) is 0 Å². The predicted octanol–water partition coefficient (Wildman–Crippen LogP) is 3.72. The fraction of sp³-hybridized carbons (Fsp3) is 0.722. The number of thioether (sulfide) groups is 1. The number of nitrogens with one attached hydrogen (secondary N) is 2. The lowest BCUT2D eigenvalue weighted by Gasteiger charge is -2.40. The maximum atomic E-state index is 12.3. The van der Waals surface area contributed by atoms with Gasteiger partial charge in [-0.1, -0.05) is 25.7 Å². The standard InChI is InChI=1S/C18H28N2O2S/c1-23-12-14-8-11-17(22-14)18(21)20-16-10-9-15(16)19-13-6-4-2-3-5-7-13/h8,11,13,15-16,19H,2-7,9-10,12H2,1H3,(H,20,21). The van der Waals surface area contributed by atoms with Crippen LogP contribution >= 0.6 is 11.8 Å². The maximum absolute atomic E-state index is 12.3. The molecule has 128 valence electrons. The number of amides is 1. The Morgan fingerprint density at radius 1 is 1.13 bits per heavy atom. The summed E-state index contributed by atoms with van der Waals surface area (Å²) in [5.74, 6) is 2.04. The van der Waals surface area contributed by atoms with Crippen molar-refractivity contribution in [2.45, 2.75) is 75.2 Å². The Kier molecular flexibility index (Phi) is 6.06. The largest absolute Gasteiger partial charge is 0.455 e. The van der Waals surface area contributed by atoms with Crippen LogP contribution in [-0.4, -0.2) is 30.3 Å². The molecule has 2 saturated carbocycles. The van der Waals surface area contributed by atoms with Crippen LogP contribution in [0.5, 0.6) is 0 Å². The van der Waals surface area contributed by atoms with Crippen LogP contribution in [0.15, 0.2) is 16.5 Å². The summed E-state index contributed by atoms with van der Waals surface area (Å²) in [7, 11) is 0. The summed E-state index contributed by atoms with van der Waals surface area (Å²) >= 11 is 1.70. The molecule has 2 aliphatic rings. The molecular weight excluding hydrogens is 308 g/mol. The van der Waals surface area contributed by atoms with Gasteiger partial charge in [0.15, 0.2) is 5.76 Å². The molecule has 5 heteroatoms. The van der Waals surface area contributed by atoms with Crippen molar-refractivity contribution in [3.8, 4) is 0 Å². The molecule has 3 rings (SSSR count). The monoisotopic (exact) mass is 336 g/mol. The lowest BCUT2D eigenvalue weighted by Crippen LogP contribution is -2.58. The molecule has 0 spiro atoms. The van der Waals surface area contributed by atoms with Crippen LogP contribution < -0.4 is 10.6 Å². The van der Waals surface area contributed by atoms with Crippen LogP contribution in [0.2, 0.25) is 0 Å². The number of hydrogen-bond donors (Lipinski definition) is 2. The molecule has 2 unspecified atom stereocenters. The number of carbonyl (C=O) groups excluding carboxylic acids is 1. The molecule has 1 aromatic rings. The Morgan fingerprint density at radius 3 is 2.52 bits per heavy atom. The molecule has 0 radical (unpaired) electrons. The van der Waals surface area contributed by atoms with Crippen molar-refractivity contribution in [2.24, 2.45) is 0 Å². The third kappa shape index (κ3) is 4.54. The molecule has 23 heavy (non-hydrogen) atoms. The molecule has 2 fully saturated rings. The zero-order valence-corrected chi connectivity index (χ0v) is 14.8. The van der Waals surface area contributed by atoms with E-state index < -0.39 is 0 Å². The maximum Gasteiger partial charge on any atom is 0.287 e. The average Bonchev–Trinajstić information content (AvgIpc) is 2.85. The van der Waals surface area contributed by atoms with E-state index in [9.17, 15) is 4.79 Å². The van der Waals surface area contributed by atoms with E-state index in [1.807, 2.05) is 12.3 Å². The van der Waals surface area contributed by atoms with Crippen molar-refractivity contribution in [3.05, 3.63) is 23.7 Å². The Hall–Kier alpha value is -0.940. The van der Waals surface area contributed by atoms with Crippen molar-refractivity contribution in [3.63, 3.8) is 0 Å². The predicted molar refractivity (Wildman–Crippen MR) is 94.8 cm³/mol. The first kappa shape index (κ1) is 16.9. The summed E-state index contributed by atoms with van der Waals surface area (Å²) in [4.78, 5) is 12.3. The number of rotatable bonds is 6. The summed E-state index contributed by atoms with van der Waals surface area (Å²) < 4.78 is 5.60. The highest BCUT2D eigenvalue weighted by Crippen LogP contribution is 2.25. The Morgan fingerprint density at radius 2 is 1.87 bits per heavy atom. The highest BCUT2D eigenvalue weighted by molar-refractivity contribution is 7.97. The number of furan rings is 1. The first-order valence-electron chi connectivity index (χ1n) is 8.91. The number of carbonyl (C=O) groups is 1. The van der Waals surface area contributed by atoms with Gasteiger partial charge in [-0.2, -0.15) is 11.8 Å². The third-order valence-corrected chi connectivity index (χ3v) is 5.64. The van der Waals surface area contributed by atoms with Gasteiger partial charge in [-0.25, -0.2) is 0 Å². The second-order valence-electron chi connectivity index (χ2n) is 6.82. The van der Waals surface area contributed by atoms with Crippen LogP contribution in [0.3, 0.4) is 0 Å². The molecule has 1 heterocycles. The van der Waals surface area contributed by atoms with Gasteiger partial charge >= 0.3 is 0 Å². The molecule has 0 bridgehead atoms. The normalized spacial score (nSPS) is 25.6. The molecule has 2 N–H and O–H groups in total. The topological polar surface area (TPSA) is 54.3 Å². The summed E-state index contributed by atoms with van der Waals surface area (Å²) in [5.41, 5.74) is 0. The van der Waals surface area contributed by atoms with Crippen LogP contribution in [0.4, 0.5) is 0 Å². The van der Waals surface area contributed by atoms with Gasteiger partial charge in [0.1, 0.15) is 5.76 Å². The van der Waals surface area contributed by atoms with E-state index >= 15 is 0 Å². The molecule has 0 aromatic carbocycles. The van der Waals surface area contributed by atoms with E-state index in [1.54, 1.807) is 17.8 Å². The van der Waals surface area contributed by atoms with Crippen LogP contribution in [0.1, 0.15) is 67.7 Å². The fourth-order valence-electron chi connectivity index (χ4n) is 3.58. The Balaban J connectivity index is 1.48. The average molecular weight is 337 g/mol. The van der Waals surface area contributed by atoms with Crippen molar-refractivity contribution in [1.82, 2.24) is 10.6 Å². The van der Waals surface area contributed by atoms with Gasteiger partial charge in [-0.05, 0) is 44.1 Å². The lowest BCUT2D eigenvalue weighted by molar-refractivity contribution is 0.0858. The molecule has 4 nitrogen and oxygen atoms in total. The highest BCUT2D eigenvalue weighted by Gasteiger charge is 2.34. The summed E-state index contributed by atoms with van der Waals surface area (Å²) in [5, 5.41) is 6.92. The molecule has 2 atom stereocenters. The van der Waals surface area contributed by atoms with E-state index in [2.05, 4.69) is 10.6 Å². The molecule has 2 aliphatic carbocycles. The van der Waals surface area contributed by atoms with Crippen LogP contribution in [-0.2, 0) is 5.75 Å². The van der Waals surface area contributed by atoms with E-state index in [0.717, 1.165) is 24.4 Å². The minimum absolute atomic E-state index is 0.0743. The van der Waals surface area contributed by atoms with Crippen LogP contribution in [0, 0.1) is 0 Å².